The third kappa shape index (κ3) is 3.64. The van der Waals surface area contributed by atoms with Crippen LogP contribution in [-0.2, 0) is 6.61 Å². The molecule has 2 rings (SSSR count). The van der Waals surface area contributed by atoms with Gasteiger partial charge >= 0.3 is 0 Å². The zero-order valence-corrected chi connectivity index (χ0v) is 12.5. The minimum Gasteiger partial charge on any atom is -0.487 e. The molecular weight excluding hydrogens is 292 g/mol. The van der Waals surface area contributed by atoms with Crippen molar-refractivity contribution in [2.45, 2.75) is 13.5 Å². The van der Waals surface area contributed by atoms with Gasteiger partial charge in [-0.2, -0.15) is 0 Å². The Morgan fingerprint density at radius 1 is 1.29 bits per heavy atom. The molecule has 0 aliphatic carbocycles. The first-order valence-electron chi connectivity index (χ1n) is 6.35. The summed E-state index contributed by atoms with van der Waals surface area (Å²) >= 11 is 6.07. The number of hydrogen-bond donors (Lipinski definition) is 1. The van der Waals surface area contributed by atoms with Crippen LogP contribution in [0.1, 0.15) is 11.1 Å². The fraction of sp³-hybridized carbons (Fsp3) is 0.200. The number of nitrogens with zero attached hydrogens (tertiary/aromatic N) is 1. The highest BCUT2D eigenvalue weighted by Crippen LogP contribution is 2.28. The van der Waals surface area contributed by atoms with Gasteiger partial charge in [-0.05, 0) is 30.7 Å². The Morgan fingerprint density at radius 3 is 2.71 bits per heavy atom. The molecule has 6 heteroatoms. The molecule has 5 nitrogen and oxygen atoms in total. The van der Waals surface area contributed by atoms with Crippen LogP contribution in [0.2, 0.25) is 5.02 Å². The number of ether oxygens (including phenoxy) is 1. The number of rotatable bonds is 5. The fourth-order valence-corrected chi connectivity index (χ4v) is 2.11. The van der Waals surface area contributed by atoms with Gasteiger partial charge in [0, 0.05) is 30.4 Å². The Morgan fingerprint density at radius 2 is 2.05 bits per heavy atom. The minimum absolute atomic E-state index is 0.0305. The summed E-state index contributed by atoms with van der Waals surface area (Å²) in [6.45, 7) is 2.14. The van der Waals surface area contributed by atoms with E-state index in [1.54, 1.807) is 19.2 Å². The summed E-state index contributed by atoms with van der Waals surface area (Å²) in [4.78, 5) is 10.4. The van der Waals surface area contributed by atoms with E-state index in [0.29, 0.717) is 16.3 Å². The van der Waals surface area contributed by atoms with Crippen molar-refractivity contribution in [2.24, 2.45) is 0 Å². The molecule has 0 amide bonds. The van der Waals surface area contributed by atoms with Crippen LogP contribution in [-0.4, -0.2) is 12.0 Å². The van der Waals surface area contributed by atoms with Gasteiger partial charge in [-0.3, -0.25) is 10.1 Å². The van der Waals surface area contributed by atoms with Crippen molar-refractivity contribution < 1.29 is 9.66 Å². The molecule has 0 atom stereocenters. The van der Waals surface area contributed by atoms with E-state index in [9.17, 15) is 10.1 Å². The van der Waals surface area contributed by atoms with E-state index >= 15 is 0 Å². The summed E-state index contributed by atoms with van der Waals surface area (Å²) in [6, 6.07) is 10.1. The molecule has 110 valence electrons. The quantitative estimate of drug-likeness (QED) is 0.665. The van der Waals surface area contributed by atoms with E-state index in [1.165, 1.54) is 12.1 Å². The Labute approximate surface area is 127 Å². The molecule has 2 aromatic rings. The van der Waals surface area contributed by atoms with Crippen molar-refractivity contribution in [2.75, 3.05) is 12.4 Å². The smallest absolute Gasteiger partial charge is 0.269 e. The number of hydrogen-bond acceptors (Lipinski definition) is 4. The lowest BCUT2D eigenvalue weighted by atomic mass is 10.1. The highest BCUT2D eigenvalue weighted by molar-refractivity contribution is 6.32. The molecule has 0 spiro atoms. The number of nitrogens with one attached hydrogen (secondary N) is 1. The Kier molecular flexibility index (Phi) is 4.65. The number of anilines is 1. The van der Waals surface area contributed by atoms with E-state index in [0.717, 1.165) is 11.3 Å². The summed E-state index contributed by atoms with van der Waals surface area (Å²) in [5, 5.41) is 14.3. The van der Waals surface area contributed by atoms with Crippen molar-refractivity contribution in [3.05, 3.63) is 62.7 Å². The average Bonchev–Trinajstić information content (AvgIpc) is 2.47. The highest BCUT2D eigenvalue weighted by atomic mass is 35.5. The third-order valence-electron chi connectivity index (χ3n) is 3.04. The van der Waals surface area contributed by atoms with Crippen molar-refractivity contribution in [3.8, 4) is 5.75 Å². The van der Waals surface area contributed by atoms with E-state index in [-0.39, 0.29) is 12.3 Å². The number of nitro benzene ring substituents is 1. The molecule has 0 fully saturated rings. The third-order valence-corrected chi connectivity index (χ3v) is 3.35. The maximum atomic E-state index is 10.8. The first-order chi connectivity index (χ1) is 10.0. The van der Waals surface area contributed by atoms with Gasteiger partial charge in [0.15, 0.2) is 0 Å². The Hall–Kier alpha value is -2.27. The molecule has 0 aliphatic heterocycles. The van der Waals surface area contributed by atoms with Crippen LogP contribution in [0, 0.1) is 17.0 Å². The van der Waals surface area contributed by atoms with Crippen molar-refractivity contribution in [1.82, 2.24) is 0 Å². The van der Waals surface area contributed by atoms with Gasteiger partial charge in [0.25, 0.3) is 5.69 Å². The maximum Gasteiger partial charge on any atom is 0.269 e. The summed E-state index contributed by atoms with van der Waals surface area (Å²) in [5.41, 5.74) is 2.54. The predicted molar refractivity (Wildman–Crippen MR) is 83.2 cm³/mol. The van der Waals surface area contributed by atoms with Crippen LogP contribution in [0.25, 0.3) is 0 Å². The monoisotopic (exact) mass is 306 g/mol. The number of benzene rings is 2. The Bertz CT molecular complexity index is 674. The van der Waals surface area contributed by atoms with Crippen molar-refractivity contribution in [1.29, 1.82) is 0 Å². The molecule has 2 aromatic carbocycles. The zero-order valence-electron chi connectivity index (χ0n) is 11.7. The van der Waals surface area contributed by atoms with Gasteiger partial charge in [0.1, 0.15) is 12.4 Å². The van der Waals surface area contributed by atoms with Crippen molar-refractivity contribution in [3.63, 3.8) is 0 Å². The van der Waals surface area contributed by atoms with E-state index < -0.39 is 4.92 Å². The number of halogens is 1. The standard InChI is InChI=1S/C15H15ClN2O3/c1-10-3-5-13(16)15(7-10)21-9-11-8-12(18(19)20)4-6-14(11)17-2/h3-8,17H,9H2,1-2H3. The van der Waals surface area contributed by atoms with Crippen LogP contribution < -0.4 is 10.1 Å². The predicted octanol–water partition coefficient (Wildman–Crippen LogP) is 4.18. The SMILES string of the molecule is CNc1ccc([N+](=O)[O-])cc1COc1cc(C)ccc1Cl. The molecule has 0 radical (unpaired) electrons. The van der Waals surface area contributed by atoms with Gasteiger partial charge < -0.3 is 10.1 Å². The van der Waals surface area contributed by atoms with Gasteiger partial charge in [0.05, 0.1) is 9.95 Å². The molecule has 0 aromatic heterocycles. The second-order valence-electron chi connectivity index (χ2n) is 4.57. The van der Waals surface area contributed by atoms with E-state index in [1.807, 2.05) is 19.1 Å². The van der Waals surface area contributed by atoms with Crippen LogP contribution in [0.4, 0.5) is 11.4 Å². The topological polar surface area (TPSA) is 64.4 Å². The summed E-state index contributed by atoms with van der Waals surface area (Å²) in [6.07, 6.45) is 0. The molecule has 0 heterocycles. The van der Waals surface area contributed by atoms with Gasteiger partial charge in [-0.15, -0.1) is 0 Å². The number of non-ortho nitro benzene ring substituents is 1. The van der Waals surface area contributed by atoms with Gasteiger partial charge in [-0.25, -0.2) is 0 Å². The average molecular weight is 307 g/mol. The summed E-state index contributed by atoms with van der Waals surface area (Å²) in [5.74, 6) is 0.560. The molecule has 0 saturated carbocycles. The minimum atomic E-state index is -0.428. The lowest BCUT2D eigenvalue weighted by Gasteiger charge is -2.12. The molecule has 0 unspecified atom stereocenters. The van der Waals surface area contributed by atoms with Crippen LogP contribution in [0.15, 0.2) is 36.4 Å². The van der Waals surface area contributed by atoms with Gasteiger partial charge in [0.2, 0.25) is 0 Å². The van der Waals surface area contributed by atoms with Crippen LogP contribution in [0.3, 0.4) is 0 Å². The largest absolute Gasteiger partial charge is 0.487 e. The lowest BCUT2D eigenvalue weighted by molar-refractivity contribution is -0.384. The number of aryl methyl sites for hydroxylation is 1. The van der Waals surface area contributed by atoms with E-state index in [2.05, 4.69) is 5.32 Å². The normalized spacial score (nSPS) is 10.2. The van der Waals surface area contributed by atoms with Crippen LogP contribution in [0.5, 0.6) is 5.75 Å². The Balaban J connectivity index is 2.24. The number of nitro groups is 1. The molecule has 1 N–H and O–H groups in total. The van der Waals surface area contributed by atoms with Crippen molar-refractivity contribution >= 4 is 23.0 Å². The van der Waals surface area contributed by atoms with Gasteiger partial charge in [-0.1, -0.05) is 17.7 Å². The maximum absolute atomic E-state index is 10.8. The van der Waals surface area contributed by atoms with Crippen LogP contribution >= 0.6 is 11.6 Å². The summed E-state index contributed by atoms with van der Waals surface area (Å²) in [7, 11) is 1.75. The molecule has 0 aliphatic rings. The molecule has 0 saturated heterocycles. The highest BCUT2D eigenvalue weighted by Gasteiger charge is 2.11. The fourth-order valence-electron chi connectivity index (χ4n) is 1.93. The lowest BCUT2D eigenvalue weighted by Crippen LogP contribution is -2.02. The first kappa shape index (κ1) is 15.1. The second-order valence-corrected chi connectivity index (χ2v) is 4.98. The zero-order chi connectivity index (χ0) is 15.4. The molecule has 21 heavy (non-hydrogen) atoms. The first-order valence-corrected chi connectivity index (χ1v) is 6.73. The second kappa shape index (κ2) is 6.45. The molecule has 0 bridgehead atoms. The molecular formula is C15H15ClN2O3. The summed E-state index contributed by atoms with van der Waals surface area (Å²) < 4.78 is 5.69. The van der Waals surface area contributed by atoms with E-state index in [4.69, 9.17) is 16.3 Å².